The Bertz CT molecular complexity index is 829. The number of amides is 1. The van der Waals surface area contributed by atoms with Crippen LogP contribution in [-0.2, 0) is 10.0 Å². The van der Waals surface area contributed by atoms with Gasteiger partial charge in [-0.05, 0) is 51.0 Å². The molecule has 7 nitrogen and oxygen atoms in total. The van der Waals surface area contributed by atoms with Crippen molar-refractivity contribution in [3.05, 3.63) is 36.5 Å². The fourth-order valence-electron chi connectivity index (χ4n) is 2.48. The molecule has 0 aliphatic carbocycles. The summed E-state index contributed by atoms with van der Waals surface area (Å²) in [4.78, 5) is 15.0. The number of carbonyl (C=O) groups is 1. The molecule has 3 N–H and O–H groups in total. The van der Waals surface area contributed by atoms with Crippen LogP contribution in [0.4, 0.5) is 4.79 Å². The highest BCUT2D eigenvalue weighted by molar-refractivity contribution is 7.89. The number of sulfonamides is 1. The number of rotatable bonds is 7. The monoisotopic (exact) mass is 351 g/mol. The summed E-state index contributed by atoms with van der Waals surface area (Å²) in [6, 6.07) is 8.37. The summed E-state index contributed by atoms with van der Waals surface area (Å²) in [6.07, 6.45) is 1.54. The smallest absolute Gasteiger partial charge is 0.405 e. The maximum atomic E-state index is 12.5. The first-order valence-electron chi connectivity index (χ1n) is 7.56. The van der Waals surface area contributed by atoms with Gasteiger partial charge in [-0.1, -0.05) is 6.07 Å². The Kier molecular flexibility index (Phi) is 5.40. The van der Waals surface area contributed by atoms with Gasteiger partial charge in [-0.3, -0.25) is 4.98 Å². The second-order valence-electron chi connectivity index (χ2n) is 6.14. The van der Waals surface area contributed by atoms with Crippen LogP contribution in [0.15, 0.2) is 41.4 Å². The van der Waals surface area contributed by atoms with Crippen molar-refractivity contribution in [2.24, 2.45) is 0 Å². The van der Waals surface area contributed by atoms with E-state index in [0.29, 0.717) is 23.7 Å². The largest absolute Gasteiger partial charge is 0.465 e. The fourth-order valence-corrected chi connectivity index (χ4v) is 3.76. The second kappa shape index (κ2) is 7.14. The minimum Gasteiger partial charge on any atom is -0.465 e. The average Bonchev–Trinajstić information content (AvgIpc) is 2.50. The molecule has 0 aliphatic heterocycles. The predicted molar refractivity (Wildman–Crippen MR) is 91.4 cm³/mol. The van der Waals surface area contributed by atoms with E-state index >= 15 is 0 Å². The molecular formula is C16H21N3O4S. The fraction of sp³-hybridized carbons (Fsp3) is 0.375. The van der Waals surface area contributed by atoms with Gasteiger partial charge >= 0.3 is 6.09 Å². The first-order chi connectivity index (χ1) is 11.2. The molecule has 0 radical (unpaired) electrons. The van der Waals surface area contributed by atoms with Crippen molar-refractivity contribution < 1.29 is 18.3 Å². The summed E-state index contributed by atoms with van der Waals surface area (Å²) in [6.45, 7) is 3.74. The van der Waals surface area contributed by atoms with E-state index in [1.165, 1.54) is 0 Å². The molecular weight excluding hydrogens is 330 g/mol. The molecule has 0 fully saturated rings. The van der Waals surface area contributed by atoms with Crippen LogP contribution in [0.1, 0.15) is 26.7 Å². The van der Waals surface area contributed by atoms with Crippen LogP contribution < -0.4 is 10.0 Å². The van der Waals surface area contributed by atoms with Crippen molar-refractivity contribution in [2.45, 2.75) is 37.1 Å². The van der Waals surface area contributed by atoms with E-state index in [0.717, 1.165) is 0 Å². The van der Waals surface area contributed by atoms with Crippen LogP contribution in [-0.4, -0.2) is 36.7 Å². The van der Waals surface area contributed by atoms with Gasteiger partial charge in [-0.2, -0.15) is 0 Å². The lowest BCUT2D eigenvalue weighted by molar-refractivity contribution is 0.180. The maximum Gasteiger partial charge on any atom is 0.405 e. The summed E-state index contributed by atoms with van der Waals surface area (Å²) in [5.41, 5.74) is 0.00727. The molecule has 8 heteroatoms. The molecule has 24 heavy (non-hydrogen) atoms. The number of aromatic nitrogens is 1. The molecule has 0 saturated carbocycles. The summed E-state index contributed by atoms with van der Waals surface area (Å²) < 4.78 is 27.6. The molecule has 1 amide bonds. The first-order valence-corrected chi connectivity index (χ1v) is 9.04. The Morgan fingerprint density at radius 3 is 2.71 bits per heavy atom. The van der Waals surface area contributed by atoms with E-state index in [9.17, 15) is 13.2 Å². The van der Waals surface area contributed by atoms with Crippen molar-refractivity contribution in [3.63, 3.8) is 0 Å². The van der Waals surface area contributed by atoms with Gasteiger partial charge in [-0.15, -0.1) is 0 Å². The number of pyridine rings is 1. The summed E-state index contributed by atoms with van der Waals surface area (Å²) >= 11 is 0. The highest BCUT2D eigenvalue weighted by atomic mass is 32.2. The lowest BCUT2D eigenvalue weighted by atomic mass is 9.99. The van der Waals surface area contributed by atoms with Crippen molar-refractivity contribution in [1.82, 2.24) is 15.0 Å². The van der Waals surface area contributed by atoms with Crippen LogP contribution >= 0.6 is 0 Å². The molecule has 0 unspecified atom stereocenters. The highest BCUT2D eigenvalue weighted by Gasteiger charge is 2.21. The van der Waals surface area contributed by atoms with Gasteiger partial charge in [0.2, 0.25) is 10.0 Å². The molecule has 1 aromatic heterocycles. The van der Waals surface area contributed by atoms with Gasteiger partial charge < -0.3 is 10.4 Å². The predicted octanol–water partition coefficient (Wildman–Crippen LogP) is 2.34. The van der Waals surface area contributed by atoms with E-state index in [-0.39, 0.29) is 11.4 Å². The van der Waals surface area contributed by atoms with Crippen molar-refractivity contribution in [2.75, 3.05) is 6.54 Å². The van der Waals surface area contributed by atoms with E-state index < -0.39 is 21.7 Å². The van der Waals surface area contributed by atoms with Crippen molar-refractivity contribution in [1.29, 1.82) is 0 Å². The first kappa shape index (κ1) is 18.2. The van der Waals surface area contributed by atoms with Gasteiger partial charge in [0.1, 0.15) is 0 Å². The summed E-state index contributed by atoms with van der Waals surface area (Å²) in [5.74, 6) is 0. The number of nitrogens with zero attached hydrogens (tertiary/aromatic N) is 1. The summed E-state index contributed by atoms with van der Waals surface area (Å²) in [5, 5.41) is 11.7. The zero-order valence-electron chi connectivity index (χ0n) is 13.6. The number of hydrogen-bond acceptors (Lipinski definition) is 4. The normalized spacial score (nSPS) is 12.2. The van der Waals surface area contributed by atoms with Crippen LogP contribution in [0.3, 0.4) is 0 Å². The molecule has 0 saturated heterocycles. The van der Waals surface area contributed by atoms with Gasteiger partial charge in [0, 0.05) is 23.7 Å². The Morgan fingerprint density at radius 2 is 2.00 bits per heavy atom. The van der Waals surface area contributed by atoms with Gasteiger partial charge in [0.05, 0.1) is 10.4 Å². The molecule has 2 rings (SSSR count). The maximum absolute atomic E-state index is 12.5. The Labute approximate surface area is 141 Å². The van der Waals surface area contributed by atoms with Crippen LogP contribution in [0, 0.1) is 0 Å². The van der Waals surface area contributed by atoms with E-state index in [4.69, 9.17) is 5.11 Å². The van der Waals surface area contributed by atoms with Crippen molar-refractivity contribution in [3.8, 4) is 0 Å². The number of fused-ring (bicyclic) bond motifs is 1. The number of benzene rings is 1. The standard InChI is InChI=1S/C16H21N3O4S/c1-16(2,19-15(20)21)9-5-11-18-24(22,23)14-8-3-7-13-12(14)6-4-10-17-13/h3-4,6-8,10,18-19H,5,9,11H2,1-2H3,(H,20,21). The van der Waals surface area contributed by atoms with E-state index in [1.54, 1.807) is 50.4 Å². The lowest BCUT2D eigenvalue weighted by Gasteiger charge is -2.24. The van der Waals surface area contributed by atoms with Gasteiger partial charge in [-0.25, -0.2) is 17.9 Å². The van der Waals surface area contributed by atoms with Crippen molar-refractivity contribution >= 4 is 27.0 Å². The molecule has 0 spiro atoms. The lowest BCUT2D eigenvalue weighted by Crippen LogP contribution is -2.43. The van der Waals surface area contributed by atoms with E-state index in [2.05, 4.69) is 15.0 Å². The Hall–Kier alpha value is -2.19. The quantitative estimate of drug-likeness (QED) is 0.664. The highest BCUT2D eigenvalue weighted by Crippen LogP contribution is 2.21. The average molecular weight is 351 g/mol. The zero-order valence-corrected chi connectivity index (χ0v) is 14.4. The van der Waals surface area contributed by atoms with Crippen LogP contribution in [0.5, 0.6) is 0 Å². The third kappa shape index (κ3) is 4.65. The molecule has 130 valence electrons. The Balaban J connectivity index is 2.03. The minimum absolute atomic E-state index is 0.191. The number of hydrogen-bond donors (Lipinski definition) is 3. The Morgan fingerprint density at radius 1 is 1.25 bits per heavy atom. The minimum atomic E-state index is -3.65. The summed E-state index contributed by atoms with van der Waals surface area (Å²) in [7, 11) is -3.65. The van der Waals surface area contributed by atoms with Gasteiger partial charge in [0.15, 0.2) is 0 Å². The molecule has 0 aliphatic rings. The SMILES string of the molecule is CC(C)(CCCNS(=O)(=O)c1cccc2ncccc12)NC(=O)O. The number of carboxylic acid groups (broad SMARTS) is 1. The molecule has 1 heterocycles. The molecule has 0 atom stereocenters. The third-order valence-electron chi connectivity index (χ3n) is 3.61. The van der Waals surface area contributed by atoms with Gasteiger partial charge in [0.25, 0.3) is 0 Å². The zero-order chi connectivity index (χ0) is 17.8. The van der Waals surface area contributed by atoms with E-state index in [1.807, 2.05) is 0 Å². The molecule has 0 bridgehead atoms. The topological polar surface area (TPSA) is 108 Å². The molecule has 1 aromatic carbocycles. The molecule has 2 aromatic rings. The third-order valence-corrected chi connectivity index (χ3v) is 5.13. The number of nitrogens with one attached hydrogen (secondary N) is 2. The van der Waals surface area contributed by atoms with Crippen LogP contribution in [0.25, 0.3) is 10.9 Å². The second-order valence-corrected chi connectivity index (χ2v) is 7.88. The van der Waals surface area contributed by atoms with Crippen LogP contribution in [0.2, 0.25) is 0 Å².